The third kappa shape index (κ3) is 1.77. The van der Waals surface area contributed by atoms with Gasteiger partial charge in [-0.25, -0.2) is 4.98 Å². The first-order valence-corrected chi connectivity index (χ1v) is 4.03. The molecule has 1 aromatic rings. The van der Waals surface area contributed by atoms with Crippen LogP contribution in [0.5, 0.6) is 0 Å². The summed E-state index contributed by atoms with van der Waals surface area (Å²) in [5.41, 5.74) is 1.64. The van der Waals surface area contributed by atoms with E-state index >= 15 is 0 Å². The first-order valence-electron chi connectivity index (χ1n) is 2.91. The minimum absolute atomic E-state index is 0.408. The van der Waals surface area contributed by atoms with E-state index in [0.717, 1.165) is 11.3 Å². The Morgan fingerprint density at radius 1 is 1.60 bits per heavy atom. The molecule has 0 unspecified atom stereocenters. The Bertz CT molecular complexity index is 217. The molecule has 1 nitrogen and oxygen atoms in total. The lowest BCUT2D eigenvalue weighted by atomic mass is 10.2. The van der Waals surface area contributed by atoms with E-state index in [4.69, 9.17) is 0 Å². The monoisotopic (exact) mass is 203 g/mol. The van der Waals surface area contributed by atoms with Crippen molar-refractivity contribution in [1.29, 1.82) is 0 Å². The summed E-state index contributed by atoms with van der Waals surface area (Å²) in [4.78, 5) is 3.59. The number of aromatic nitrogens is 1. The van der Waals surface area contributed by atoms with Gasteiger partial charge in [-0.3, -0.25) is 0 Å². The maximum atomic E-state index is 12.5. The van der Waals surface area contributed by atoms with E-state index in [-0.39, 0.29) is 0 Å². The second-order valence-electron chi connectivity index (χ2n) is 2.07. The highest BCUT2D eigenvalue weighted by Crippen LogP contribution is 2.07. The zero-order valence-electron chi connectivity index (χ0n) is 5.56. The molecule has 0 N–H and O–H groups in total. The second kappa shape index (κ2) is 3.10. The molecule has 0 atom stereocenters. The maximum absolute atomic E-state index is 12.5. The SMILES string of the molecule is Cc1cc(CBr)cc(F)n1. The van der Waals surface area contributed by atoms with Crippen LogP contribution in [-0.2, 0) is 5.33 Å². The van der Waals surface area contributed by atoms with Crippen molar-refractivity contribution in [1.82, 2.24) is 4.98 Å². The number of halogens is 2. The fraction of sp³-hybridized carbons (Fsp3) is 0.286. The fourth-order valence-electron chi connectivity index (χ4n) is 0.773. The molecule has 0 bridgehead atoms. The van der Waals surface area contributed by atoms with Gasteiger partial charge in [0.2, 0.25) is 5.95 Å². The van der Waals surface area contributed by atoms with Crippen molar-refractivity contribution >= 4 is 15.9 Å². The summed E-state index contributed by atoms with van der Waals surface area (Å²) in [5.74, 6) is -0.408. The zero-order valence-corrected chi connectivity index (χ0v) is 7.15. The van der Waals surface area contributed by atoms with E-state index in [1.807, 2.05) is 6.07 Å². The molecule has 0 fully saturated rings. The van der Waals surface area contributed by atoms with Crippen LogP contribution >= 0.6 is 15.9 Å². The first kappa shape index (κ1) is 7.66. The Kier molecular flexibility index (Phi) is 2.38. The van der Waals surface area contributed by atoms with Gasteiger partial charge in [0, 0.05) is 11.0 Å². The third-order valence-electron chi connectivity index (χ3n) is 1.14. The number of rotatable bonds is 1. The number of pyridine rings is 1. The van der Waals surface area contributed by atoms with Crippen LogP contribution in [0.2, 0.25) is 0 Å². The van der Waals surface area contributed by atoms with Gasteiger partial charge >= 0.3 is 0 Å². The average molecular weight is 204 g/mol. The molecule has 54 valence electrons. The number of nitrogens with zero attached hydrogens (tertiary/aromatic N) is 1. The van der Waals surface area contributed by atoms with Crippen LogP contribution in [0.25, 0.3) is 0 Å². The number of alkyl halides is 1. The van der Waals surface area contributed by atoms with Crippen LogP contribution in [0.3, 0.4) is 0 Å². The van der Waals surface area contributed by atoms with Crippen molar-refractivity contribution in [2.45, 2.75) is 12.3 Å². The summed E-state index contributed by atoms with van der Waals surface area (Å²) in [7, 11) is 0. The third-order valence-corrected chi connectivity index (χ3v) is 1.78. The standard InChI is InChI=1S/C7H7BrFN/c1-5-2-6(4-8)3-7(9)10-5/h2-3H,4H2,1H3. The van der Waals surface area contributed by atoms with Gasteiger partial charge in [-0.05, 0) is 24.6 Å². The van der Waals surface area contributed by atoms with Crippen LogP contribution in [0.1, 0.15) is 11.3 Å². The number of hydrogen-bond donors (Lipinski definition) is 0. The molecule has 0 aliphatic rings. The highest BCUT2D eigenvalue weighted by atomic mass is 79.9. The van der Waals surface area contributed by atoms with E-state index in [0.29, 0.717) is 5.33 Å². The fourth-order valence-corrected chi connectivity index (χ4v) is 1.10. The van der Waals surface area contributed by atoms with E-state index < -0.39 is 5.95 Å². The van der Waals surface area contributed by atoms with Crippen LogP contribution in [0.15, 0.2) is 12.1 Å². The van der Waals surface area contributed by atoms with Crippen LogP contribution in [0, 0.1) is 12.9 Å². The van der Waals surface area contributed by atoms with Gasteiger partial charge in [0.15, 0.2) is 0 Å². The van der Waals surface area contributed by atoms with Gasteiger partial charge in [-0.2, -0.15) is 4.39 Å². The van der Waals surface area contributed by atoms with E-state index in [1.165, 1.54) is 6.07 Å². The average Bonchev–Trinajstić information content (AvgIpc) is 1.85. The summed E-state index contributed by atoms with van der Waals surface area (Å²) in [5, 5.41) is 0.674. The second-order valence-corrected chi connectivity index (χ2v) is 2.63. The van der Waals surface area contributed by atoms with Gasteiger partial charge in [0.05, 0.1) is 0 Å². The molecule has 3 heteroatoms. The van der Waals surface area contributed by atoms with E-state index in [2.05, 4.69) is 20.9 Å². The molecule has 10 heavy (non-hydrogen) atoms. The van der Waals surface area contributed by atoms with Crippen molar-refractivity contribution in [3.8, 4) is 0 Å². The summed E-state index contributed by atoms with van der Waals surface area (Å²) in [6.07, 6.45) is 0. The molecule has 1 aromatic heterocycles. The predicted octanol–water partition coefficient (Wildman–Crippen LogP) is 2.42. The zero-order chi connectivity index (χ0) is 7.56. The molecular weight excluding hydrogens is 197 g/mol. The van der Waals surface area contributed by atoms with Crippen LogP contribution in [0.4, 0.5) is 4.39 Å². The molecule has 0 amide bonds. The van der Waals surface area contributed by atoms with Crippen molar-refractivity contribution in [3.63, 3.8) is 0 Å². The molecular formula is C7H7BrFN. The minimum Gasteiger partial charge on any atom is -0.225 e. The number of hydrogen-bond acceptors (Lipinski definition) is 1. The molecule has 1 heterocycles. The van der Waals surface area contributed by atoms with Crippen molar-refractivity contribution in [2.24, 2.45) is 0 Å². The van der Waals surface area contributed by atoms with Gasteiger partial charge in [0.25, 0.3) is 0 Å². The molecule has 0 radical (unpaired) electrons. The van der Waals surface area contributed by atoms with Crippen molar-refractivity contribution < 1.29 is 4.39 Å². The Morgan fingerprint density at radius 2 is 2.30 bits per heavy atom. The Balaban J connectivity index is 3.06. The highest BCUT2D eigenvalue weighted by Gasteiger charge is 1.96. The quantitative estimate of drug-likeness (QED) is 0.505. The minimum atomic E-state index is -0.408. The molecule has 0 aromatic carbocycles. The summed E-state index contributed by atoms with van der Waals surface area (Å²) >= 11 is 3.23. The van der Waals surface area contributed by atoms with Crippen molar-refractivity contribution in [3.05, 3.63) is 29.3 Å². The molecule has 0 aliphatic carbocycles. The lowest BCUT2D eigenvalue weighted by Gasteiger charge is -1.96. The largest absolute Gasteiger partial charge is 0.225 e. The highest BCUT2D eigenvalue weighted by molar-refractivity contribution is 9.08. The van der Waals surface area contributed by atoms with Crippen LogP contribution in [-0.4, -0.2) is 4.98 Å². The van der Waals surface area contributed by atoms with Crippen LogP contribution < -0.4 is 0 Å². The Labute approximate surface area is 67.4 Å². The van der Waals surface area contributed by atoms with Gasteiger partial charge < -0.3 is 0 Å². The first-order chi connectivity index (χ1) is 4.72. The van der Waals surface area contributed by atoms with Gasteiger partial charge in [-0.15, -0.1) is 0 Å². The van der Waals surface area contributed by atoms with E-state index in [9.17, 15) is 4.39 Å². The van der Waals surface area contributed by atoms with Crippen molar-refractivity contribution in [2.75, 3.05) is 0 Å². The summed E-state index contributed by atoms with van der Waals surface area (Å²) in [6.45, 7) is 1.77. The van der Waals surface area contributed by atoms with Gasteiger partial charge in [-0.1, -0.05) is 15.9 Å². The summed E-state index contributed by atoms with van der Waals surface area (Å²) < 4.78 is 12.5. The molecule has 0 spiro atoms. The molecule has 0 saturated carbocycles. The Morgan fingerprint density at radius 3 is 2.80 bits per heavy atom. The lowest BCUT2D eigenvalue weighted by Crippen LogP contribution is -1.89. The maximum Gasteiger partial charge on any atom is 0.213 e. The topological polar surface area (TPSA) is 12.9 Å². The predicted molar refractivity (Wildman–Crippen MR) is 41.6 cm³/mol. The lowest BCUT2D eigenvalue weighted by molar-refractivity contribution is 0.578. The molecule has 0 aliphatic heterocycles. The van der Waals surface area contributed by atoms with Gasteiger partial charge in [0.1, 0.15) is 0 Å². The molecule has 0 saturated heterocycles. The summed E-state index contributed by atoms with van der Waals surface area (Å²) in [6, 6.07) is 3.26. The number of aryl methyl sites for hydroxylation is 1. The normalized spacial score (nSPS) is 9.90. The molecule has 1 rings (SSSR count). The Hall–Kier alpha value is -0.440. The smallest absolute Gasteiger partial charge is 0.213 e. The van der Waals surface area contributed by atoms with E-state index in [1.54, 1.807) is 6.92 Å².